The molecule has 0 atom stereocenters. The monoisotopic (exact) mass is 260 g/mol. The lowest BCUT2D eigenvalue weighted by Gasteiger charge is -2.06. The van der Waals surface area contributed by atoms with Gasteiger partial charge >= 0.3 is 6.03 Å². The Kier molecular flexibility index (Phi) is 4.15. The average Bonchev–Trinajstić information content (AvgIpc) is 2.38. The van der Waals surface area contributed by atoms with Crippen molar-refractivity contribution in [1.82, 2.24) is 15.6 Å². The van der Waals surface area contributed by atoms with Crippen molar-refractivity contribution in [3.05, 3.63) is 46.2 Å². The van der Waals surface area contributed by atoms with Crippen LogP contribution in [-0.4, -0.2) is 24.1 Å². The molecule has 0 aliphatic carbocycles. The molecule has 100 valence electrons. The fraction of sp³-hybridized carbons (Fsp3) is 0.231. The predicted octanol–water partition coefficient (Wildman–Crippen LogP) is 0.286. The molecule has 0 spiro atoms. The lowest BCUT2D eigenvalue weighted by Crippen LogP contribution is -2.35. The van der Waals surface area contributed by atoms with Crippen LogP contribution in [0.25, 0.3) is 10.9 Å². The van der Waals surface area contributed by atoms with Gasteiger partial charge in [-0.15, -0.1) is 0 Å². The Labute approximate surface area is 110 Å². The van der Waals surface area contributed by atoms with Gasteiger partial charge in [-0.2, -0.15) is 0 Å². The number of H-pyrrole nitrogens is 1. The van der Waals surface area contributed by atoms with Crippen LogP contribution in [0.5, 0.6) is 0 Å². The van der Waals surface area contributed by atoms with Gasteiger partial charge < -0.3 is 21.4 Å². The summed E-state index contributed by atoms with van der Waals surface area (Å²) >= 11 is 0. The van der Waals surface area contributed by atoms with Crippen LogP contribution < -0.4 is 21.9 Å². The number of carbonyl (C=O) groups is 1. The van der Waals surface area contributed by atoms with E-state index in [0.29, 0.717) is 25.2 Å². The first-order chi connectivity index (χ1) is 9.16. The Bertz CT molecular complexity index is 636. The van der Waals surface area contributed by atoms with Gasteiger partial charge in [0.15, 0.2) is 0 Å². The summed E-state index contributed by atoms with van der Waals surface area (Å²) in [6, 6.07) is 8.93. The molecule has 0 bridgehead atoms. The lowest BCUT2D eigenvalue weighted by atomic mass is 10.1. The van der Waals surface area contributed by atoms with Crippen LogP contribution in [0.15, 0.2) is 35.1 Å². The third-order valence-corrected chi connectivity index (χ3v) is 2.75. The quantitative estimate of drug-likeness (QED) is 0.581. The Morgan fingerprint density at radius 2 is 2.05 bits per heavy atom. The van der Waals surface area contributed by atoms with E-state index in [1.807, 2.05) is 30.3 Å². The molecular formula is C13H16N4O2. The molecule has 2 aromatic rings. The first-order valence-electron chi connectivity index (χ1n) is 6.02. The van der Waals surface area contributed by atoms with E-state index in [1.165, 1.54) is 0 Å². The molecule has 0 aliphatic rings. The fourth-order valence-corrected chi connectivity index (χ4v) is 1.82. The number of pyridine rings is 1. The normalized spacial score (nSPS) is 10.5. The van der Waals surface area contributed by atoms with Crippen LogP contribution in [0.3, 0.4) is 0 Å². The molecule has 1 aromatic heterocycles. The molecule has 0 saturated heterocycles. The van der Waals surface area contributed by atoms with Gasteiger partial charge in [0.2, 0.25) is 0 Å². The number of rotatable bonds is 5. The maximum Gasteiger partial charge on any atom is 0.312 e. The fourth-order valence-electron chi connectivity index (χ4n) is 1.82. The number of nitrogens with one attached hydrogen (secondary N) is 3. The number of hydrogen-bond acceptors (Lipinski definition) is 3. The molecule has 2 amide bonds. The molecular weight excluding hydrogens is 244 g/mol. The largest absolute Gasteiger partial charge is 0.352 e. The molecule has 0 aliphatic heterocycles. The Hall–Kier alpha value is -2.34. The molecule has 19 heavy (non-hydrogen) atoms. The van der Waals surface area contributed by atoms with Crippen molar-refractivity contribution in [2.24, 2.45) is 5.73 Å². The van der Waals surface area contributed by atoms with Crippen molar-refractivity contribution in [2.45, 2.75) is 6.54 Å². The summed E-state index contributed by atoms with van der Waals surface area (Å²) in [5, 5.41) is 6.53. The predicted molar refractivity (Wildman–Crippen MR) is 73.9 cm³/mol. The van der Waals surface area contributed by atoms with Crippen LogP contribution in [0.2, 0.25) is 0 Å². The summed E-state index contributed by atoms with van der Waals surface area (Å²) in [5.74, 6) is 0. The summed E-state index contributed by atoms with van der Waals surface area (Å²) in [6.07, 6.45) is 0. The zero-order chi connectivity index (χ0) is 13.7. The molecule has 0 saturated carbocycles. The van der Waals surface area contributed by atoms with Crippen molar-refractivity contribution >= 4 is 16.9 Å². The maximum atomic E-state index is 11.8. The highest BCUT2D eigenvalue weighted by Crippen LogP contribution is 2.09. The summed E-state index contributed by atoms with van der Waals surface area (Å²) in [5.41, 5.74) is 6.33. The lowest BCUT2D eigenvalue weighted by molar-refractivity contribution is 0.249. The minimum atomic E-state index is -0.551. The van der Waals surface area contributed by atoms with E-state index in [9.17, 15) is 9.59 Å². The Balaban J connectivity index is 1.98. The number of amides is 2. The van der Waals surface area contributed by atoms with Crippen LogP contribution in [-0.2, 0) is 6.54 Å². The number of aromatic amines is 1. The van der Waals surface area contributed by atoms with E-state index < -0.39 is 6.03 Å². The number of aromatic nitrogens is 1. The van der Waals surface area contributed by atoms with Gasteiger partial charge in [-0.05, 0) is 17.5 Å². The third-order valence-electron chi connectivity index (χ3n) is 2.75. The van der Waals surface area contributed by atoms with Crippen molar-refractivity contribution < 1.29 is 4.79 Å². The van der Waals surface area contributed by atoms with E-state index in [0.717, 1.165) is 10.9 Å². The molecule has 6 heteroatoms. The van der Waals surface area contributed by atoms with Crippen molar-refractivity contribution in [3.8, 4) is 0 Å². The van der Waals surface area contributed by atoms with Crippen LogP contribution in [0.4, 0.5) is 4.79 Å². The highest BCUT2D eigenvalue weighted by atomic mass is 16.2. The summed E-state index contributed by atoms with van der Waals surface area (Å²) < 4.78 is 0. The van der Waals surface area contributed by atoms with Crippen molar-refractivity contribution in [1.29, 1.82) is 0 Å². The van der Waals surface area contributed by atoms with E-state index in [4.69, 9.17) is 5.73 Å². The highest BCUT2D eigenvalue weighted by molar-refractivity contribution is 5.78. The van der Waals surface area contributed by atoms with Gasteiger partial charge in [0, 0.05) is 30.7 Å². The molecule has 0 fully saturated rings. The maximum absolute atomic E-state index is 11.8. The number of urea groups is 1. The van der Waals surface area contributed by atoms with Gasteiger partial charge in [0.1, 0.15) is 0 Å². The summed E-state index contributed by atoms with van der Waals surface area (Å²) in [7, 11) is 0. The standard InChI is InChI=1S/C13H16N4O2/c14-13(19)16-6-5-15-8-10-7-9-3-1-2-4-11(9)17-12(10)18/h1-4,7,15H,5-6,8H2,(H,17,18)(H3,14,16,19). The number of benzene rings is 1. The third kappa shape index (κ3) is 3.56. The zero-order valence-corrected chi connectivity index (χ0v) is 10.4. The SMILES string of the molecule is NC(=O)NCCNCc1cc2ccccc2[nH]c1=O. The van der Waals surface area contributed by atoms with E-state index in [1.54, 1.807) is 0 Å². The average molecular weight is 260 g/mol. The topological polar surface area (TPSA) is 100 Å². The van der Waals surface area contributed by atoms with Crippen LogP contribution >= 0.6 is 0 Å². The second-order valence-electron chi connectivity index (χ2n) is 4.18. The van der Waals surface area contributed by atoms with Crippen molar-refractivity contribution in [2.75, 3.05) is 13.1 Å². The van der Waals surface area contributed by atoms with Gasteiger partial charge in [-0.3, -0.25) is 4.79 Å². The number of nitrogens with two attached hydrogens (primary N) is 1. The van der Waals surface area contributed by atoms with Crippen molar-refractivity contribution in [3.63, 3.8) is 0 Å². The second kappa shape index (κ2) is 6.01. The Morgan fingerprint density at radius 3 is 2.84 bits per heavy atom. The minimum Gasteiger partial charge on any atom is -0.352 e. The smallest absolute Gasteiger partial charge is 0.312 e. The van der Waals surface area contributed by atoms with E-state index in [2.05, 4.69) is 15.6 Å². The van der Waals surface area contributed by atoms with Gasteiger partial charge in [0.05, 0.1) is 0 Å². The van der Waals surface area contributed by atoms with Gasteiger partial charge in [-0.25, -0.2) is 4.79 Å². The minimum absolute atomic E-state index is 0.103. The first kappa shape index (κ1) is 13.1. The molecule has 1 heterocycles. The van der Waals surface area contributed by atoms with E-state index >= 15 is 0 Å². The highest BCUT2D eigenvalue weighted by Gasteiger charge is 2.02. The van der Waals surface area contributed by atoms with Crippen LogP contribution in [0, 0.1) is 0 Å². The number of fused-ring (bicyclic) bond motifs is 1. The molecule has 5 N–H and O–H groups in total. The number of primary amides is 1. The van der Waals surface area contributed by atoms with E-state index in [-0.39, 0.29) is 5.56 Å². The van der Waals surface area contributed by atoms with Gasteiger partial charge in [0.25, 0.3) is 5.56 Å². The number of carbonyl (C=O) groups excluding carboxylic acids is 1. The molecule has 0 unspecified atom stereocenters. The second-order valence-corrected chi connectivity index (χ2v) is 4.18. The summed E-state index contributed by atoms with van der Waals surface area (Å²) in [6.45, 7) is 1.43. The Morgan fingerprint density at radius 1 is 1.26 bits per heavy atom. The molecule has 1 aromatic carbocycles. The molecule has 6 nitrogen and oxygen atoms in total. The first-order valence-corrected chi connectivity index (χ1v) is 6.02. The number of hydrogen-bond donors (Lipinski definition) is 4. The molecule has 2 rings (SSSR count). The zero-order valence-electron chi connectivity index (χ0n) is 10.4. The van der Waals surface area contributed by atoms with Gasteiger partial charge in [-0.1, -0.05) is 18.2 Å². The molecule has 0 radical (unpaired) electrons. The summed E-state index contributed by atoms with van der Waals surface area (Å²) in [4.78, 5) is 25.1. The number of para-hydroxylation sites is 1. The van der Waals surface area contributed by atoms with Crippen LogP contribution in [0.1, 0.15) is 5.56 Å².